The van der Waals surface area contributed by atoms with E-state index in [-0.39, 0.29) is 0 Å². The first-order valence-corrected chi connectivity index (χ1v) is 8.54. The maximum Gasteiger partial charge on any atom is 0.0449 e. The Labute approximate surface area is 131 Å². The van der Waals surface area contributed by atoms with Gasteiger partial charge in [0.2, 0.25) is 0 Å². The molecule has 1 aromatic carbocycles. The van der Waals surface area contributed by atoms with Gasteiger partial charge in [0.15, 0.2) is 0 Å². The van der Waals surface area contributed by atoms with Crippen LogP contribution in [0.2, 0.25) is 0 Å². The number of nitrogens with zero attached hydrogens (tertiary/aromatic N) is 1. The molecule has 120 valence electrons. The van der Waals surface area contributed by atoms with Crippen molar-refractivity contribution < 1.29 is 0 Å². The molecule has 0 spiro atoms. The largest absolute Gasteiger partial charge is 0.309 e. The van der Waals surface area contributed by atoms with E-state index in [0.29, 0.717) is 12.1 Å². The van der Waals surface area contributed by atoms with E-state index in [9.17, 15) is 0 Å². The number of hydrogen-bond donors (Lipinski definition) is 1. The highest BCUT2D eigenvalue weighted by atomic mass is 15.2. The maximum absolute atomic E-state index is 3.72. The Balaban J connectivity index is 2.86. The van der Waals surface area contributed by atoms with E-state index < -0.39 is 0 Å². The third-order valence-electron chi connectivity index (χ3n) is 4.61. The number of aryl methyl sites for hydroxylation is 2. The van der Waals surface area contributed by atoms with Crippen LogP contribution in [-0.4, -0.2) is 31.1 Å². The lowest BCUT2D eigenvalue weighted by atomic mass is 9.99. The topological polar surface area (TPSA) is 15.3 Å². The molecule has 0 aliphatic rings. The third-order valence-corrected chi connectivity index (χ3v) is 4.61. The second-order valence-corrected chi connectivity index (χ2v) is 6.26. The Bertz CT molecular complexity index is 410. The van der Waals surface area contributed by atoms with Crippen molar-refractivity contribution in [2.75, 3.05) is 20.1 Å². The van der Waals surface area contributed by atoms with Crippen LogP contribution in [0.5, 0.6) is 0 Å². The van der Waals surface area contributed by atoms with E-state index in [4.69, 9.17) is 0 Å². The molecule has 1 N–H and O–H groups in total. The summed E-state index contributed by atoms with van der Waals surface area (Å²) in [6, 6.07) is 8.00. The lowest BCUT2D eigenvalue weighted by molar-refractivity contribution is 0.206. The number of rotatable bonds is 9. The Morgan fingerprint density at radius 3 is 2.24 bits per heavy atom. The van der Waals surface area contributed by atoms with Crippen molar-refractivity contribution in [2.45, 2.75) is 66.0 Å². The minimum atomic E-state index is 0.426. The second kappa shape index (κ2) is 9.22. The van der Waals surface area contributed by atoms with Crippen molar-refractivity contribution >= 4 is 0 Å². The molecule has 1 atom stereocenters. The highest BCUT2D eigenvalue weighted by Crippen LogP contribution is 2.20. The molecule has 0 aliphatic heterocycles. The van der Waals surface area contributed by atoms with Crippen molar-refractivity contribution in [1.29, 1.82) is 0 Å². The Kier molecular flexibility index (Phi) is 7.98. The van der Waals surface area contributed by atoms with E-state index in [1.54, 1.807) is 0 Å². The fraction of sp³-hybridized carbons (Fsp3) is 0.684. The van der Waals surface area contributed by atoms with E-state index >= 15 is 0 Å². The standard InChI is InChI=1S/C19H34N2/c1-7-12-20-19(14-21(6)18(8-2)9-3)17-11-10-15(4)16(5)13-17/h10-11,13,18-20H,7-9,12,14H2,1-6H3. The van der Waals surface area contributed by atoms with Crippen LogP contribution < -0.4 is 5.32 Å². The third kappa shape index (κ3) is 5.44. The lowest BCUT2D eigenvalue weighted by Gasteiger charge is -2.31. The molecule has 0 radical (unpaired) electrons. The van der Waals surface area contributed by atoms with Gasteiger partial charge in [-0.05, 0) is 63.4 Å². The molecule has 2 nitrogen and oxygen atoms in total. The molecular weight excluding hydrogens is 256 g/mol. The Hall–Kier alpha value is -0.860. The number of likely N-dealkylation sites (N-methyl/N-ethyl adjacent to an activating group) is 1. The molecule has 2 heteroatoms. The average molecular weight is 290 g/mol. The first-order valence-electron chi connectivity index (χ1n) is 8.54. The summed E-state index contributed by atoms with van der Waals surface area (Å²) in [6.45, 7) is 13.4. The summed E-state index contributed by atoms with van der Waals surface area (Å²) in [7, 11) is 2.26. The van der Waals surface area contributed by atoms with Gasteiger partial charge in [0, 0.05) is 18.6 Å². The van der Waals surface area contributed by atoms with Gasteiger partial charge in [-0.15, -0.1) is 0 Å². The summed E-state index contributed by atoms with van der Waals surface area (Å²) in [4.78, 5) is 2.52. The summed E-state index contributed by atoms with van der Waals surface area (Å²) in [6.07, 6.45) is 3.62. The molecule has 1 aromatic rings. The normalized spacial score (nSPS) is 13.1. The van der Waals surface area contributed by atoms with Crippen molar-refractivity contribution in [1.82, 2.24) is 10.2 Å². The summed E-state index contributed by atoms with van der Waals surface area (Å²) in [5.41, 5.74) is 4.19. The quantitative estimate of drug-likeness (QED) is 0.722. The van der Waals surface area contributed by atoms with Crippen LogP contribution in [0.4, 0.5) is 0 Å². The smallest absolute Gasteiger partial charge is 0.0449 e. The van der Waals surface area contributed by atoms with Crippen LogP contribution >= 0.6 is 0 Å². The maximum atomic E-state index is 3.72. The Morgan fingerprint density at radius 1 is 1.05 bits per heavy atom. The van der Waals surface area contributed by atoms with Gasteiger partial charge in [-0.2, -0.15) is 0 Å². The predicted molar refractivity (Wildman–Crippen MR) is 94.0 cm³/mol. The highest BCUT2D eigenvalue weighted by Gasteiger charge is 2.18. The van der Waals surface area contributed by atoms with Gasteiger partial charge >= 0.3 is 0 Å². The van der Waals surface area contributed by atoms with Crippen LogP contribution in [-0.2, 0) is 0 Å². The van der Waals surface area contributed by atoms with Gasteiger partial charge in [-0.1, -0.05) is 39.0 Å². The zero-order chi connectivity index (χ0) is 15.8. The number of nitrogens with one attached hydrogen (secondary N) is 1. The summed E-state index contributed by atoms with van der Waals surface area (Å²) in [5.74, 6) is 0. The van der Waals surface area contributed by atoms with E-state index in [1.807, 2.05) is 0 Å². The zero-order valence-corrected chi connectivity index (χ0v) is 14.9. The monoisotopic (exact) mass is 290 g/mol. The van der Waals surface area contributed by atoms with Crippen LogP contribution in [0.15, 0.2) is 18.2 Å². The summed E-state index contributed by atoms with van der Waals surface area (Å²) in [5, 5.41) is 3.72. The summed E-state index contributed by atoms with van der Waals surface area (Å²) >= 11 is 0. The van der Waals surface area contributed by atoms with Crippen LogP contribution in [0.3, 0.4) is 0 Å². The summed E-state index contributed by atoms with van der Waals surface area (Å²) < 4.78 is 0. The molecule has 0 saturated carbocycles. The molecule has 0 bridgehead atoms. The van der Waals surface area contributed by atoms with Gasteiger partial charge in [-0.3, -0.25) is 0 Å². The average Bonchev–Trinajstić information content (AvgIpc) is 2.47. The molecule has 0 aliphatic carbocycles. The molecule has 1 unspecified atom stereocenters. The second-order valence-electron chi connectivity index (χ2n) is 6.26. The van der Waals surface area contributed by atoms with Gasteiger partial charge in [-0.25, -0.2) is 0 Å². The fourth-order valence-corrected chi connectivity index (χ4v) is 2.94. The minimum Gasteiger partial charge on any atom is -0.309 e. The van der Waals surface area contributed by atoms with Gasteiger partial charge in [0.1, 0.15) is 0 Å². The molecule has 0 amide bonds. The van der Waals surface area contributed by atoms with E-state index in [2.05, 4.69) is 70.1 Å². The fourth-order valence-electron chi connectivity index (χ4n) is 2.94. The van der Waals surface area contributed by atoms with Crippen molar-refractivity contribution in [3.63, 3.8) is 0 Å². The molecule has 0 aromatic heterocycles. The number of benzene rings is 1. The lowest BCUT2D eigenvalue weighted by Crippen LogP contribution is -2.38. The molecular formula is C19H34N2. The van der Waals surface area contributed by atoms with Gasteiger partial charge < -0.3 is 10.2 Å². The predicted octanol–water partition coefficient (Wildman–Crippen LogP) is 4.46. The SMILES string of the molecule is CCCNC(CN(C)C(CC)CC)c1ccc(C)c(C)c1. The Morgan fingerprint density at radius 2 is 1.71 bits per heavy atom. The van der Waals surface area contributed by atoms with Crippen LogP contribution in [0.25, 0.3) is 0 Å². The van der Waals surface area contributed by atoms with Crippen molar-refractivity contribution in [3.8, 4) is 0 Å². The van der Waals surface area contributed by atoms with E-state index in [1.165, 1.54) is 36.0 Å². The molecule has 0 saturated heterocycles. The number of hydrogen-bond acceptors (Lipinski definition) is 2. The van der Waals surface area contributed by atoms with Crippen LogP contribution in [0, 0.1) is 13.8 Å². The minimum absolute atomic E-state index is 0.426. The molecule has 0 heterocycles. The van der Waals surface area contributed by atoms with Crippen molar-refractivity contribution in [3.05, 3.63) is 34.9 Å². The first kappa shape index (κ1) is 18.2. The van der Waals surface area contributed by atoms with Gasteiger partial charge in [0.05, 0.1) is 0 Å². The molecule has 1 rings (SSSR count). The molecule has 21 heavy (non-hydrogen) atoms. The van der Waals surface area contributed by atoms with E-state index in [0.717, 1.165) is 13.1 Å². The van der Waals surface area contributed by atoms with Crippen LogP contribution in [0.1, 0.15) is 62.8 Å². The zero-order valence-electron chi connectivity index (χ0n) is 14.9. The first-order chi connectivity index (χ1) is 10.0. The van der Waals surface area contributed by atoms with Gasteiger partial charge in [0.25, 0.3) is 0 Å². The highest BCUT2D eigenvalue weighted by molar-refractivity contribution is 5.32. The van der Waals surface area contributed by atoms with Crippen molar-refractivity contribution in [2.24, 2.45) is 0 Å². The molecule has 0 fully saturated rings.